The van der Waals surface area contributed by atoms with Crippen molar-refractivity contribution >= 4 is 11.6 Å². The molecule has 0 aromatic rings. The van der Waals surface area contributed by atoms with E-state index in [2.05, 4.69) is 0 Å². The molecule has 0 spiro atoms. The van der Waals surface area contributed by atoms with Gasteiger partial charge in [0.15, 0.2) is 6.67 Å². The summed E-state index contributed by atoms with van der Waals surface area (Å²) >= 11 is 0. The Morgan fingerprint density at radius 1 is 0.929 bits per heavy atom. The predicted octanol–water partition coefficient (Wildman–Crippen LogP) is 1.29. The Labute approximate surface area is 83.6 Å². The summed E-state index contributed by atoms with van der Waals surface area (Å²) in [5.74, 6) is -11.2. The van der Waals surface area contributed by atoms with E-state index in [0.29, 0.717) is 0 Å². The summed E-state index contributed by atoms with van der Waals surface area (Å²) < 4.78 is 69.1. The smallest absolute Gasteiger partial charge is 0.284 e. The van der Waals surface area contributed by atoms with Crippen molar-refractivity contribution in [2.24, 2.45) is 0 Å². The van der Waals surface area contributed by atoms with Gasteiger partial charge in [-0.3, -0.25) is 9.59 Å². The first-order chi connectivity index (χ1) is 5.63. The van der Waals surface area contributed by atoms with E-state index >= 15 is 0 Å². The summed E-state index contributed by atoms with van der Waals surface area (Å²) in [6.07, 6.45) is -5.70. The molecular formula is C5H2F6NiO2. The van der Waals surface area contributed by atoms with Crippen molar-refractivity contribution in [1.29, 1.82) is 0 Å². The molecule has 0 unspecified atom stereocenters. The molecule has 14 heavy (non-hydrogen) atoms. The second kappa shape index (κ2) is 4.77. The topological polar surface area (TPSA) is 34.1 Å². The van der Waals surface area contributed by atoms with Gasteiger partial charge in [-0.2, -0.15) is 22.0 Å². The molecule has 0 aliphatic carbocycles. The van der Waals surface area contributed by atoms with E-state index in [0.717, 1.165) is 0 Å². The van der Waals surface area contributed by atoms with E-state index in [1.807, 2.05) is 0 Å². The third-order valence-corrected chi connectivity index (χ3v) is 0.964. The second-order valence-corrected chi connectivity index (χ2v) is 1.99. The summed E-state index contributed by atoms with van der Waals surface area (Å²) in [7, 11) is 0. The van der Waals surface area contributed by atoms with Crippen molar-refractivity contribution in [3.05, 3.63) is 0 Å². The Kier molecular flexibility index (Phi) is 5.41. The van der Waals surface area contributed by atoms with Gasteiger partial charge in [-0.15, -0.1) is 0 Å². The monoisotopic (exact) mass is 266 g/mol. The minimum atomic E-state index is -5.70. The summed E-state index contributed by atoms with van der Waals surface area (Å²) in [5.41, 5.74) is 0. The van der Waals surface area contributed by atoms with Gasteiger partial charge >= 0.3 is 17.9 Å². The Bertz CT molecular complexity index is 235. The van der Waals surface area contributed by atoms with Gasteiger partial charge in [0, 0.05) is 16.5 Å². The van der Waals surface area contributed by atoms with Gasteiger partial charge in [-0.25, -0.2) is 4.39 Å². The van der Waals surface area contributed by atoms with Crippen LogP contribution < -0.4 is 0 Å². The summed E-state index contributed by atoms with van der Waals surface area (Å²) in [6, 6.07) is 0. The molecule has 0 heterocycles. The van der Waals surface area contributed by atoms with E-state index in [1.165, 1.54) is 0 Å². The van der Waals surface area contributed by atoms with E-state index in [-0.39, 0.29) is 16.5 Å². The van der Waals surface area contributed by atoms with Crippen LogP contribution in [0.15, 0.2) is 0 Å². The maximum Gasteiger partial charge on any atom is 0.458 e. The van der Waals surface area contributed by atoms with Crippen molar-refractivity contribution in [1.82, 2.24) is 0 Å². The number of alkyl halides is 6. The van der Waals surface area contributed by atoms with Crippen LogP contribution in [-0.4, -0.2) is 30.3 Å². The Morgan fingerprint density at radius 3 is 1.50 bits per heavy atom. The molecule has 0 radical (unpaired) electrons. The van der Waals surface area contributed by atoms with Crippen molar-refractivity contribution < 1.29 is 52.4 Å². The van der Waals surface area contributed by atoms with Crippen molar-refractivity contribution in [2.45, 2.75) is 12.1 Å². The number of hydrogen-bond acceptors (Lipinski definition) is 2. The fourth-order valence-electron chi connectivity index (χ4n) is 0.356. The van der Waals surface area contributed by atoms with Crippen LogP contribution in [0.1, 0.15) is 0 Å². The summed E-state index contributed by atoms with van der Waals surface area (Å²) in [6.45, 7) is -2.63. The SMILES string of the molecule is O=C(C(=O)C(F)(F)CF)C(F)(F)F.[Ni]. The largest absolute Gasteiger partial charge is 0.458 e. The standard InChI is InChI=1S/C5H2F6O2.Ni/c6-1-4(7,8)2(12)3(13)5(9,10)11;/h1H2;. The molecule has 0 atom stereocenters. The van der Waals surface area contributed by atoms with E-state index < -0.39 is 30.3 Å². The zero-order valence-corrected chi connectivity index (χ0v) is 7.10. The molecule has 0 aliphatic rings. The normalized spacial score (nSPS) is 11.9. The van der Waals surface area contributed by atoms with E-state index in [1.54, 1.807) is 0 Å². The van der Waals surface area contributed by atoms with Gasteiger partial charge in [0.2, 0.25) is 0 Å². The number of carbonyl (C=O) groups excluding carboxylic acids is 2. The molecule has 0 fully saturated rings. The fraction of sp³-hybridized carbons (Fsp3) is 0.600. The first-order valence-corrected chi connectivity index (χ1v) is 2.72. The van der Waals surface area contributed by atoms with Gasteiger partial charge in [0.1, 0.15) is 0 Å². The fourth-order valence-corrected chi connectivity index (χ4v) is 0.356. The van der Waals surface area contributed by atoms with Crippen LogP contribution in [0.4, 0.5) is 26.3 Å². The minimum Gasteiger partial charge on any atom is -0.284 e. The van der Waals surface area contributed by atoms with Gasteiger partial charge in [0.25, 0.3) is 5.78 Å². The van der Waals surface area contributed by atoms with Crippen LogP contribution in [0.2, 0.25) is 0 Å². The summed E-state index contributed by atoms with van der Waals surface area (Å²) in [5, 5.41) is 0. The molecule has 0 rings (SSSR count). The number of rotatable bonds is 3. The van der Waals surface area contributed by atoms with Crippen LogP contribution in [0.3, 0.4) is 0 Å². The van der Waals surface area contributed by atoms with E-state index in [9.17, 15) is 35.9 Å². The van der Waals surface area contributed by atoms with Crippen molar-refractivity contribution in [3.8, 4) is 0 Å². The minimum absolute atomic E-state index is 0. The van der Waals surface area contributed by atoms with Gasteiger partial charge in [-0.1, -0.05) is 0 Å². The van der Waals surface area contributed by atoms with Crippen molar-refractivity contribution in [2.75, 3.05) is 6.67 Å². The third kappa shape index (κ3) is 3.65. The molecule has 86 valence electrons. The molecular weight excluding hydrogens is 265 g/mol. The first-order valence-electron chi connectivity index (χ1n) is 2.72. The van der Waals surface area contributed by atoms with Crippen LogP contribution in [0.25, 0.3) is 0 Å². The van der Waals surface area contributed by atoms with Crippen LogP contribution in [-0.2, 0) is 26.1 Å². The Balaban J connectivity index is 0. The molecule has 0 saturated carbocycles. The molecule has 0 bridgehead atoms. The molecule has 9 heteroatoms. The molecule has 0 aromatic carbocycles. The zero-order chi connectivity index (χ0) is 10.9. The summed E-state index contributed by atoms with van der Waals surface area (Å²) in [4.78, 5) is 19.8. The van der Waals surface area contributed by atoms with Gasteiger partial charge in [0.05, 0.1) is 0 Å². The number of halogens is 6. The first kappa shape index (κ1) is 15.9. The molecule has 0 amide bonds. The molecule has 0 N–H and O–H groups in total. The quantitative estimate of drug-likeness (QED) is 0.438. The molecule has 0 saturated heterocycles. The maximum atomic E-state index is 11.9. The molecule has 0 aromatic heterocycles. The van der Waals surface area contributed by atoms with Crippen molar-refractivity contribution in [3.63, 3.8) is 0 Å². The Morgan fingerprint density at radius 2 is 1.29 bits per heavy atom. The molecule has 0 aliphatic heterocycles. The average Bonchev–Trinajstić information content (AvgIpc) is 2.00. The second-order valence-electron chi connectivity index (χ2n) is 1.99. The van der Waals surface area contributed by atoms with E-state index in [4.69, 9.17) is 0 Å². The number of Topliss-reactive ketones (excluding diaryl/α,β-unsaturated/α-hetero) is 2. The van der Waals surface area contributed by atoms with Gasteiger partial charge in [-0.05, 0) is 0 Å². The number of ketones is 2. The van der Waals surface area contributed by atoms with Crippen LogP contribution in [0, 0.1) is 0 Å². The number of carbonyl (C=O) groups is 2. The molecule has 2 nitrogen and oxygen atoms in total. The van der Waals surface area contributed by atoms with Crippen LogP contribution in [0.5, 0.6) is 0 Å². The van der Waals surface area contributed by atoms with Crippen LogP contribution >= 0.6 is 0 Å². The van der Waals surface area contributed by atoms with Gasteiger partial charge < -0.3 is 0 Å². The predicted molar refractivity (Wildman–Crippen MR) is 27.0 cm³/mol. The zero-order valence-electron chi connectivity index (χ0n) is 6.11. The average molecular weight is 267 g/mol. The Hall–Kier alpha value is -0.586. The third-order valence-electron chi connectivity index (χ3n) is 0.964. The maximum absolute atomic E-state index is 11.9. The number of hydrogen-bond donors (Lipinski definition) is 0.